The van der Waals surface area contributed by atoms with Crippen LogP contribution in [0.4, 0.5) is 0 Å². The van der Waals surface area contributed by atoms with Crippen molar-refractivity contribution in [3.8, 4) is 22.5 Å². The van der Waals surface area contributed by atoms with E-state index in [4.69, 9.17) is 11.6 Å². The summed E-state index contributed by atoms with van der Waals surface area (Å²) < 4.78 is 1.99. The Kier molecular flexibility index (Phi) is 7.88. The molecular weight excluding hydrogens is 502 g/mol. The number of aryl methyl sites for hydroxylation is 1. The van der Waals surface area contributed by atoms with Crippen molar-refractivity contribution in [3.63, 3.8) is 0 Å². The van der Waals surface area contributed by atoms with Gasteiger partial charge in [0.1, 0.15) is 11.9 Å². The number of pyridine rings is 1. The molecule has 194 valence electrons. The first kappa shape index (κ1) is 25.7. The van der Waals surface area contributed by atoms with E-state index in [9.17, 15) is 10.2 Å². The molecule has 5 rings (SSSR count). The zero-order valence-corrected chi connectivity index (χ0v) is 21.7. The Labute approximate surface area is 225 Å². The van der Waals surface area contributed by atoms with Crippen LogP contribution in [0.5, 0.6) is 0 Å². The van der Waals surface area contributed by atoms with E-state index in [1.165, 1.54) is 0 Å². The molecule has 0 saturated carbocycles. The highest BCUT2D eigenvalue weighted by atomic mass is 35.5. The topological polar surface area (TPSA) is 126 Å². The number of aliphatic hydroxyl groups is 2. The summed E-state index contributed by atoms with van der Waals surface area (Å²) >= 11 is 6.59. The summed E-state index contributed by atoms with van der Waals surface area (Å²) in [6.07, 6.45) is 3.21. The fourth-order valence-electron chi connectivity index (χ4n) is 4.45. The van der Waals surface area contributed by atoms with Crippen molar-refractivity contribution in [1.82, 2.24) is 35.2 Å². The monoisotopic (exact) mass is 529 g/mol. The van der Waals surface area contributed by atoms with Crippen LogP contribution in [0.15, 0.2) is 66.9 Å². The van der Waals surface area contributed by atoms with E-state index in [0.29, 0.717) is 29.3 Å². The van der Waals surface area contributed by atoms with Crippen LogP contribution < -0.4 is 0 Å². The van der Waals surface area contributed by atoms with Crippen molar-refractivity contribution < 1.29 is 10.2 Å². The Hall–Kier alpha value is -3.92. The van der Waals surface area contributed by atoms with E-state index in [0.717, 1.165) is 47.3 Å². The van der Waals surface area contributed by atoms with Crippen LogP contribution in [0.1, 0.15) is 54.2 Å². The Bertz CT molecular complexity index is 1480. The van der Waals surface area contributed by atoms with Gasteiger partial charge in [-0.3, -0.25) is 4.98 Å². The molecule has 0 aliphatic carbocycles. The first-order valence-corrected chi connectivity index (χ1v) is 12.9. The molecule has 1 atom stereocenters. The number of benzene rings is 2. The van der Waals surface area contributed by atoms with Crippen LogP contribution in [-0.4, -0.2) is 45.4 Å². The lowest BCUT2D eigenvalue weighted by Gasteiger charge is -2.17. The number of imidazole rings is 1. The first-order valence-electron chi connectivity index (χ1n) is 12.5. The molecule has 3 aromatic heterocycles. The van der Waals surface area contributed by atoms with Gasteiger partial charge in [0.15, 0.2) is 5.15 Å². The van der Waals surface area contributed by atoms with Crippen LogP contribution in [-0.2, 0) is 19.6 Å². The predicted molar refractivity (Wildman–Crippen MR) is 144 cm³/mol. The highest BCUT2D eigenvalue weighted by Gasteiger charge is 2.24. The van der Waals surface area contributed by atoms with Gasteiger partial charge in [0.25, 0.3) is 0 Å². The molecule has 0 aliphatic rings. The summed E-state index contributed by atoms with van der Waals surface area (Å²) in [4.78, 5) is 8.94. The molecule has 38 heavy (non-hydrogen) atoms. The Morgan fingerprint density at radius 2 is 1.76 bits per heavy atom. The SMILES string of the molecule is CCCCc1nc(Cl)c(C(O)c2ccc(CO)cn2)n1Cc1ccc(-c2ccccc2-c2nn[nH]n2)cc1. The average molecular weight is 530 g/mol. The molecule has 0 radical (unpaired) electrons. The lowest BCUT2D eigenvalue weighted by molar-refractivity contribution is 0.205. The number of aromatic amines is 1. The van der Waals surface area contributed by atoms with Crippen LogP contribution in [0.3, 0.4) is 0 Å². The number of hydrogen-bond donors (Lipinski definition) is 3. The quantitative estimate of drug-likeness (QED) is 0.238. The molecule has 0 spiro atoms. The lowest BCUT2D eigenvalue weighted by Crippen LogP contribution is -2.14. The molecule has 0 saturated heterocycles. The van der Waals surface area contributed by atoms with Gasteiger partial charge < -0.3 is 14.8 Å². The second-order valence-corrected chi connectivity index (χ2v) is 9.38. The molecule has 9 nitrogen and oxygen atoms in total. The highest BCUT2D eigenvalue weighted by molar-refractivity contribution is 6.30. The zero-order chi connectivity index (χ0) is 26.5. The normalized spacial score (nSPS) is 12.1. The van der Waals surface area contributed by atoms with E-state index >= 15 is 0 Å². The largest absolute Gasteiger partial charge is 0.392 e. The van der Waals surface area contributed by atoms with Crippen molar-refractivity contribution in [2.75, 3.05) is 0 Å². The molecule has 0 fully saturated rings. The van der Waals surface area contributed by atoms with Gasteiger partial charge in [0.05, 0.1) is 18.0 Å². The standard InChI is InChI=1S/C28H28ClN7O2/c1-2-3-8-24-31-27(29)25(26(38)23-14-11-19(17-37)15-30-23)36(24)16-18-9-12-20(13-10-18)21-6-4-5-7-22(21)28-32-34-35-33-28/h4-7,9-15,26,37-38H,2-3,8,16-17H2,1H3,(H,32,33,34,35). The highest BCUT2D eigenvalue weighted by Crippen LogP contribution is 2.32. The summed E-state index contributed by atoms with van der Waals surface area (Å²) in [5, 5.41) is 35.3. The zero-order valence-electron chi connectivity index (χ0n) is 20.9. The van der Waals surface area contributed by atoms with Gasteiger partial charge in [-0.1, -0.05) is 79.5 Å². The Balaban J connectivity index is 1.47. The number of aliphatic hydroxyl groups excluding tert-OH is 2. The second-order valence-electron chi connectivity index (χ2n) is 9.02. The van der Waals surface area contributed by atoms with Gasteiger partial charge in [0, 0.05) is 24.7 Å². The predicted octanol–water partition coefficient (Wildman–Crippen LogP) is 4.74. The lowest BCUT2D eigenvalue weighted by atomic mass is 9.98. The third-order valence-electron chi connectivity index (χ3n) is 6.48. The van der Waals surface area contributed by atoms with Crippen molar-refractivity contribution in [2.24, 2.45) is 0 Å². The van der Waals surface area contributed by atoms with Crippen LogP contribution in [0, 0.1) is 0 Å². The molecule has 3 N–H and O–H groups in total. The summed E-state index contributed by atoms with van der Waals surface area (Å²) in [6, 6.07) is 19.6. The molecule has 0 amide bonds. The minimum absolute atomic E-state index is 0.112. The number of nitrogens with one attached hydrogen (secondary N) is 1. The Morgan fingerprint density at radius 1 is 1.00 bits per heavy atom. The van der Waals surface area contributed by atoms with E-state index < -0.39 is 6.10 Å². The number of unbranched alkanes of at least 4 members (excludes halogenated alkanes) is 1. The van der Waals surface area contributed by atoms with Gasteiger partial charge in [-0.15, -0.1) is 10.2 Å². The maximum Gasteiger partial charge on any atom is 0.205 e. The molecule has 5 aromatic rings. The number of halogens is 1. The van der Waals surface area contributed by atoms with Gasteiger partial charge in [0.2, 0.25) is 5.82 Å². The molecule has 2 aromatic carbocycles. The van der Waals surface area contributed by atoms with E-state index in [1.807, 2.05) is 28.8 Å². The fourth-order valence-corrected chi connectivity index (χ4v) is 4.76. The molecule has 3 heterocycles. The minimum Gasteiger partial charge on any atom is -0.392 e. The minimum atomic E-state index is -1.06. The number of rotatable bonds is 10. The fraction of sp³-hybridized carbons (Fsp3) is 0.250. The van der Waals surface area contributed by atoms with Gasteiger partial charge in [-0.2, -0.15) is 5.21 Å². The number of tetrazole rings is 1. The third-order valence-corrected chi connectivity index (χ3v) is 6.76. The number of nitrogens with zero attached hydrogens (tertiary/aromatic N) is 6. The van der Waals surface area contributed by atoms with E-state index in [-0.39, 0.29) is 11.8 Å². The number of aromatic nitrogens is 7. The molecule has 0 aliphatic heterocycles. The molecule has 10 heteroatoms. The second kappa shape index (κ2) is 11.6. The summed E-state index contributed by atoms with van der Waals surface area (Å²) in [5.74, 6) is 1.36. The molecular formula is C28H28ClN7O2. The van der Waals surface area contributed by atoms with Crippen molar-refractivity contribution >= 4 is 11.6 Å². The average Bonchev–Trinajstić information content (AvgIpc) is 3.60. The number of hydrogen-bond acceptors (Lipinski definition) is 7. The maximum atomic E-state index is 11.3. The summed E-state index contributed by atoms with van der Waals surface area (Å²) in [5.41, 5.74) is 5.58. The maximum absolute atomic E-state index is 11.3. The van der Waals surface area contributed by atoms with Crippen molar-refractivity contribution in [3.05, 3.63) is 100 Å². The first-order chi connectivity index (χ1) is 18.6. The van der Waals surface area contributed by atoms with Gasteiger partial charge in [-0.25, -0.2) is 4.98 Å². The molecule has 0 bridgehead atoms. The van der Waals surface area contributed by atoms with Gasteiger partial charge >= 0.3 is 0 Å². The smallest absolute Gasteiger partial charge is 0.205 e. The summed E-state index contributed by atoms with van der Waals surface area (Å²) in [7, 11) is 0. The van der Waals surface area contributed by atoms with Crippen LogP contribution in [0.25, 0.3) is 22.5 Å². The summed E-state index contributed by atoms with van der Waals surface area (Å²) in [6.45, 7) is 2.51. The van der Waals surface area contributed by atoms with Crippen molar-refractivity contribution in [2.45, 2.75) is 45.4 Å². The van der Waals surface area contributed by atoms with Crippen molar-refractivity contribution in [1.29, 1.82) is 0 Å². The third kappa shape index (κ3) is 5.35. The van der Waals surface area contributed by atoms with E-state index in [1.54, 1.807) is 18.3 Å². The molecule has 1 unspecified atom stereocenters. The van der Waals surface area contributed by atoms with Gasteiger partial charge in [-0.05, 0) is 40.0 Å². The van der Waals surface area contributed by atoms with Crippen LogP contribution >= 0.6 is 11.6 Å². The van der Waals surface area contributed by atoms with E-state index in [2.05, 4.69) is 61.8 Å². The number of H-pyrrole nitrogens is 1. The van der Waals surface area contributed by atoms with Crippen LogP contribution in [0.2, 0.25) is 5.15 Å². The Morgan fingerprint density at radius 3 is 2.42 bits per heavy atom.